The van der Waals surface area contributed by atoms with Crippen LogP contribution in [0.1, 0.15) is 18.1 Å². The van der Waals surface area contributed by atoms with Crippen molar-refractivity contribution < 1.29 is 0 Å². The van der Waals surface area contributed by atoms with Gasteiger partial charge in [-0.1, -0.05) is 31.2 Å². The first kappa shape index (κ1) is 22.2. The summed E-state index contributed by atoms with van der Waals surface area (Å²) < 4.78 is 0. The van der Waals surface area contributed by atoms with E-state index in [0.29, 0.717) is 5.92 Å². The van der Waals surface area contributed by atoms with E-state index in [-0.39, 0.29) is 24.0 Å². The number of rotatable bonds is 6. The van der Waals surface area contributed by atoms with E-state index in [1.165, 1.54) is 37.3 Å². The lowest BCUT2D eigenvalue weighted by Crippen LogP contribution is -2.47. The summed E-state index contributed by atoms with van der Waals surface area (Å²) in [4.78, 5) is 9.30. The van der Waals surface area contributed by atoms with Crippen LogP contribution in [0.25, 0.3) is 0 Å². The van der Waals surface area contributed by atoms with Gasteiger partial charge in [0.05, 0.1) is 0 Å². The molecule has 1 unspecified atom stereocenters. The summed E-state index contributed by atoms with van der Waals surface area (Å²) in [6.45, 7) is 12.1. The van der Waals surface area contributed by atoms with Crippen LogP contribution in [0.15, 0.2) is 29.3 Å². The van der Waals surface area contributed by atoms with Crippen molar-refractivity contribution in [2.45, 2.75) is 20.4 Å². The van der Waals surface area contributed by atoms with Crippen LogP contribution in [0.4, 0.5) is 0 Å². The molecule has 25 heavy (non-hydrogen) atoms. The molecule has 2 N–H and O–H groups in total. The number of nitrogens with zero attached hydrogens (tertiary/aromatic N) is 3. The molecule has 5 nitrogen and oxygen atoms in total. The third kappa shape index (κ3) is 7.92. The van der Waals surface area contributed by atoms with Crippen LogP contribution in [0.5, 0.6) is 0 Å². The highest BCUT2D eigenvalue weighted by molar-refractivity contribution is 14.0. The van der Waals surface area contributed by atoms with Gasteiger partial charge in [-0.25, -0.2) is 0 Å². The van der Waals surface area contributed by atoms with Crippen LogP contribution < -0.4 is 10.6 Å². The van der Waals surface area contributed by atoms with Crippen molar-refractivity contribution in [3.8, 4) is 0 Å². The molecule has 1 heterocycles. The summed E-state index contributed by atoms with van der Waals surface area (Å²) in [7, 11) is 4.03. The number of piperazine rings is 1. The van der Waals surface area contributed by atoms with E-state index in [1.54, 1.807) is 0 Å². The zero-order valence-electron chi connectivity index (χ0n) is 16.1. The van der Waals surface area contributed by atoms with Crippen molar-refractivity contribution in [2.24, 2.45) is 10.9 Å². The molecule has 0 spiro atoms. The number of benzene rings is 1. The van der Waals surface area contributed by atoms with Crippen LogP contribution in [-0.2, 0) is 6.54 Å². The molecule has 142 valence electrons. The molecule has 1 aromatic carbocycles. The van der Waals surface area contributed by atoms with E-state index in [1.807, 2.05) is 7.05 Å². The second-order valence-electron chi connectivity index (χ2n) is 6.94. The Morgan fingerprint density at radius 2 is 1.84 bits per heavy atom. The maximum absolute atomic E-state index is 4.34. The van der Waals surface area contributed by atoms with Gasteiger partial charge in [0.25, 0.3) is 0 Å². The Morgan fingerprint density at radius 1 is 1.16 bits per heavy atom. The van der Waals surface area contributed by atoms with Crippen molar-refractivity contribution >= 4 is 29.9 Å². The fourth-order valence-electron chi connectivity index (χ4n) is 3.01. The quantitative estimate of drug-likeness (QED) is 0.389. The Labute approximate surface area is 170 Å². The van der Waals surface area contributed by atoms with Gasteiger partial charge in [0.2, 0.25) is 0 Å². The largest absolute Gasteiger partial charge is 0.356 e. The summed E-state index contributed by atoms with van der Waals surface area (Å²) in [6, 6.07) is 8.46. The molecule has 1 aliphatic heterocycles. The molecule has 1 atom stereocenters. The summed E-state index contributed by atoms with van der Waals surface area (Å²) in [5, 5.41) is 6.87. The molecule has 2 rings (SSSR count). The lowest BCUT2D eigenvalue weighted by Gasteiger charge is -2.34. The monoisotopic (exact) mass is 459 g/mol. The van der Waals surface area contributed by atoms with Crippen molar-refractivity contribution in [2.75, 3.05) is 53.4 Å². The van der Waals surface area contributed by atoms with Gasteiger partial charge in [0.1, 0.15) is 0 Å². The van der Waals surface area contributed by atoms with Crippen molar-refractivity contribution in [1.29, 1.82) is 0 Å². The number of aryl methyl sites for hydroxylation is 1. The molecule has 0 amide bonds. The second kappa shape index (κ2) is 11.7. The maximum atomic E-state index is 4.34. The fourth-order valence-corrected chi connectivity index (χ4v) is 3.01. The van der Waals surface area contributed by atoms with E-state index in [0.717, 1.165) is 25.6 Å². The molecule has 1 saturated heterocycles. The minimum Gasteiger partial charge on any atom is -0.356 e. The van der Waals surface area contributed by atoms with Crippen molar-refractivity contribution in [3.63, 3.8) is 0 Å². The lowest BCUT2D eigenvalue weighted by atomic mass is 10.1. The molecule has 0 aromatic heterocycles. The Hall–Kier alpha value is -0.860. The number of likely N-dealkylation sites (N-methyl/N-ethyl adjacent to an activating group) is 1. The van der Waals surface area contributed by atoms with Crippen LogP contribution in [0.2, 0.25) is 0 Å². The Morgan fingerprint density at radius 3 is 2.48 bits per heavy atom. The summed E-state index contributed by atoms with van der Waals surface area (Å²) in [5.74, 6) is 1.48. The van der Waals surface area contributed by atoms with Gasteiger partial charge in [-0.3, -0.25) is 4.99 Å². The average Bonchev–Trinajstić information content (AvgIpc) is 2.58. The normalized spacial score (nSPS) is 17.7. The molecule has 6 heteroatoms. The lowest BCUT2D eigenvalue weighted by molar-refractivity contribution is 0.139. The van der Waals surface area contributed by atoms with Gasteiger partial charge in [-0.05, 0) is 31.0 Å². The number of hydrogen-bond acceptors (Lipinski definition) is 3. The summed E-state index contributed by atoms with van der Waals surface area (Å²) in [6.07, 6.45) is 0. The first-order valence-corrected chi connectivity index (χ1v) is 8.98. The molecule has 0 saturated carbocycles. The van der Waals surface area contributed by atoms with Crippen LogP contribution in [0, 0.1) is 12.8 Å². The van der Waals surface area contributed by atoms with Gasteiger partial charge in [-0.15, -0.1) is 24.0 Å². The minimum atomic E-state index is 0. The van der Waals surface area contributed by atoms with Gasteiger partial charge in [0, 0.05) is 52.9 Å². The van der Waals surface area contributed by atoms with Crippen LogP contribution >= 0.6 is 24.0 Å². The molecule has 0 aliphatic carbocycles. The number of aliphatic imine (C=N–C) groups is 1. The zero-order chi connectivity index (χ0) is 17.4. The maximum Gasteiger partial charge on any atom is 0.191 e. The highest BCUT2D eigenvalue weighted by atomic mass is 127. The predicted molar refractivity (Wildman–Crippen MR) is 118 cm³/mol. The van der Waals surface area contributed by atoms with Crippen molar-refractivity contribution in [3.05, 3.63) is 35.4 Å². The SMILES string of the molecule is CN=C(NCc1ccccc1C)NCC(C)CN1CCN(C)CC1.I. The summed E-state index contributed by atoms with van der Waals surface area (Å²) >= 11 is 0. The molecular formula is C19H34IN5. The van der Waals surface area contributed by atoms with Crippen LogP contribution in [0.3, 0.4) is 0 Å². The Kier molecular flexibility index (Phi) is 10.4. The van der Waals surface area contributed by atoms with E-state index in [2.05, 4.69) is 70.6 Å². The Bertz CT molecular complexity index is 526. The fraction of sp³-hybridized carbons (Fsp3) is 0.632. The Balaban J connectivity index is 0.00000312. The average molecular weight is 459 g/mol. The topological polar surface area (TPSA) is 42.9 Å². The third-order valence-corrected chi connectivity index (χ3v) is 4.71. The van der Waals surface area contributed by atoms with E-state index < -0.39 is 0 Å². The highest BCUT2D eigenvalue weighted by Crippen LogP contribution is 2.06. The van der Waals surface area contributed by atoms with Gasteiger partial charge in [0.15, 0.2) is 5.96 Å². The number of guanidine groups is 1. The third-order valence-electron chi connectivity index (χ3n) is 4.71. The standard InChI is InChI=1S/C19H33N5.HI/c1-16(15-24-11-9-23(4)10-12-24)13-21-19(20-3)22-14-18-8-6-5-7-17(18)2;/h5-8,16H,9-15H2,1-4H3,(H2,20,21,22);1H. The van der Waals surface area contributed by atoms with Crippen LogP contribution in [-0.4, -0.2) is 69.1 Å². The van der Waals surface area contributed by atoms with Gasteiger partial charge in [-0.2, -0.15) is 0 Å². The molecule has 0 radical (unpaired) electrons. The molecule has 1 aromatic rings. The predicted octanol–water partition coefficient (Wildman–Crippen LogP) is 2.16. The number of hydrogen-bond donors (Lipinski definition) is 2. The van der Waals surface area contributed by atoms with Crippen molar-refractivity contribution in [1.82, 2.24) is 20.4 Å². The first-order valence-electron chi connectivity index (χ1n) is 8.98. The molecule has 1 fully saturated rings. The van der Waals surface area contributed by atoms with E-state index in [9.17, 15) is 0 Å². The number of nitrogens with one attached hydrogen (secondary N) is 2. The highest BCUT2D eigenvalue weighted by Gasteiger charge is 2.16. The number of halogens is 1. The summed E-state index contributed by atoms with van der Waals surface area (Å²) in [5.41, 5.74) is 2.62. The zero-order valence-corrected chi connectivity index (χ0v) is 18.4. The van der Waals surface area contributed by atoms with E-state index in [4.69, 9.17) is 0 Å². The van der Waals surface area contributed by atoms with E-state index >= 15 is 0 Å². The first-order chi connectivity index (χ1) is 11.6. The molecule has 1 aliphatic rings. The van der Waals surface area contributed by atoms with Gasteiger partial charge < -0.3 is 20.4 Å². The minimum absolute atomic E-state index is 0. The van der Waals surface area contributed by atoms with Gasteiger partial charge >= 0.3 is 0 Å². The molecule has 0 bridgehead atoms. The second-order valence-corrected chi connectivity index (χ2v) is 6.94. The smallest absolute Gasteiger partial charge is 0.191 e. The molecular weight excluding hydrogens is 425 g/mol.